The van der Waals surface area contributed by atoms with Crippen LogP contribution >= 0.6 is 24.0 Å². The van der Waals surface area contributed by atoms with Crippen LogP contribution in [0.15, 0.2) is 18.2 Å². The molecule has 23 heavy (non-hydrogen) atoms. The second-order valence-electron chi connectivity index (χ2n) is 5.24. The predicted molar refractivity (Wildman–Crippen MR) is 94.8 cm³/mol. The second-order valence-corrected chi connectivity index (χ2v) is 5.65. The zero-order chi connectivity index (χ0) is 15.9. The molecule has 0 aliphatic carbocycles. The van der Waals surface area contributed by atoms with Gasteiger partial charge in [0.1, 0.15) is 0 Å². The van der Waals surface area contributed by atoms with Crippen molar-refractivity contribution in [2.24, 2.45) is 0 Å². The molecule has 2 rings (SSSR count). The summed E-state index contributed by atoms with van der Waals surface area (Å²) >= 11 is 6.05. The SMILES string of the molecule is CCCNC(=O)c1cc(NC(=O)N[C@@H]2CCNC2)ccc1Cl.Cl. The van der Waals surface area contributed by atoms with Gasteiger partial charge in [-0.25, -0.2) is 4.79 Å². The van der Waals surface area contributed by atoms with Crippen LogP contribution < -0.4 is 21.3 Å². The normalized spacial score (nSPS) is 16.3. The van der Waals surface area contributed by atoms with Crippen LogP contribution in [0.3, 0.4) is 0 Å². The fourth-order valence-electron chi connectivity index (χ4n) is 2.24. The quantitative estimate of drug-likeness (QED) is 0.650. The van der Waals surface area contributed by atoms with Crippen molar-refractivity contribution in [3.05, 3.63) is 28.8 Å². The summed E-state index contributed by atoms with van der Waals surface area (Å²) in [6.45, 7) is 4.25. The van der Waals surface area contributed by atoms with Crippen molar-refractivity contribution in [3.63, 3.8) is 0 Å². The lowest BCUT2D eigenvalue weighted by molar-refractivity contribution is 0.0954. The Morgan fingerprint density at radius 3 is 2.83 bits per heavy atom. The van der Waals surface area contributed by atoms with E-state index < -0.39 is 0 Å². The van der Waals surface area contributed by atoms with Crippen LogP contribution in [0.5, 0.6) is 0 Å². The lowest BCUT2D eigenvalue weighted by atomic mass is 10.2. The van der Waals surface area contributed by atoms with E-state index in [9.17, 15) is 9.59 Å². The number of rotatable bonds is 5. The number of carbonyl (C=O) groups is 2. The molecule has 0 radical (unpaired) electrons. The van der Waals surface area contributed by atoms with Gasteiger partial charge in [-0.2, -0.15) is 0 Å². The van der Waals surface area contributed by atoms with Gasteiger partial charge in [0.05, 0.1) is 10.6 Å². The highest BCUT2D eigenvalue weighted by Crippen LogP contribution is 2.20. The van der Waals surface area contributed by atoms with Gasteiger partial charge < -0.3 is 21.3 Å². The van der Waals surface area contributed by atoms with Crippen LogP contribution in [0.4, 0.5) is 10.5 Å². The minimum atomic E-state index is -0.282. The molecule has 128 valence electrons. The lowest BCUT2D eigenvalue weighted by Gasteiger charge is -2.13. The number of carbonyl (C=O) groups excluding carboxylic acids is 2. The summed E-state index contributed by atoms with van der Waals surface area (Å²) in [6.07, 6.45) is 1.76. The fraction of sp³-hybridized carbons (Fsp3) is 0.467. The standard InChI is InChI=1S/C15H21ClN4O2.ClH/c1-2-6-18-14(21)12-8-10(3-4-13(12)16)19-15(22)20-11-5-7-17-9-11;/h3-4,8,11,17H,2,5-7,9H2,1H3,(H,18,21)(H2,19,20,22);1H/t11-;/m1./s1. The number of hydrogen-bond donors (Lipinski definition) is 4. The molecule has 1 aromatic rings. The first kappa shape index (κ1) is 19.5. The van der Waals surface area contributed by atoms with Gasteiger partial charge in [-0.15, -0.1) is 12.4 Å². The number of benzene rings is 1. The third kappa shape index (κ3) is 5.89. The van der Waals surface area contributed by atoms with Gasteiger partial charge in [-0.05, 0) is 37.6 Å². The van der Waals surface area contributed by atoms with E-state index in [1.807, 2.05) is 6.92 Å². The van der Waals surface area contributed by atoms with Gasteiger partial charge in [0.2, 0.25) is 0 Å². The van der Waals surface area contributed by atoms with Crippen LogP contribution in [-0.4, -0.2) is 37.6 Å². The summed E-state index contributed by atoms with van der Waals surface area (Å²) in [5.74, 6) is -0.240. The van der Waals surface area contributed by atoms with E-state index in [0.29, 0.717) is 22.8 Å². The van der Waals surface area contributed by atoms with E-state index in [2.05, 4.69) is 21.3 Å². The first-order valence-electron chi connectivity index (χ1n) is 7.46. The van der Waals surface area contributed by atoms with Gasteiger partial charge in [-0.3, -0.25) is 4.79 Å². The number of anilines is 1. The van der Waals surface area contributed by atoms with Crippen molar-refractivity contribution in [2.75, 3.05) is 25.0 Å². The van der Waals surface area contributed by atoms with E-state index in [0.717, 1.165) is 25.9 Å². The molecule has 1 atom stereocenters. The second kappa shape index (κ2) is 9.60. The Morgan fingerprint density at radius 2 is 2.17 bits per heavy atom. The van der Waals surface area contributed by atoms with Gasteiger partial charge in [0.25, 0.3) is 5.91 Å². The Hall–Kier alpha value is -1.50. The first-order chi connectivity index (χ1) is 10.6. The first-order valence-corrected chi connectivity index (χ1v) is 7.84. The van der Waals surface area contributed by atoms with Crippen molar-refractivity contribution in [3.8, 4) is 0 Å². The molecule has 4 N–H and O–H groups in total. The molecule has 0 saturated carbocycles. The molecular weight excluding hydrogens is 339 g/mol. The molecule has 0 unspecified atom stereocenters. The third-order valence-corrected chi connectivity index (χ3v) is 3.73. The average Bonchev–Trinajstić information content (AvgIpc) is 2.99. The van der Waals surface area contributed by atoms with Gasteiger partial charge in [0.15, 0.2) is 0 Å². The molecule has 0 aromatic heterocycles. The molecule has 0 spiro atoms. The van der Waals surface area contributed by atoms with E-state index in [1.165, 1.54) is 0 Å². The monoisotopic (exact) mass is 360 g/mol. The molecule has 1 saturated heterocycles. The summed E-state index contributed by atoms with van der Waals surface area (Å²) in [7, 11) is 0. The van der Waals surface area contributed by atoms with Crippen LogP contribution in [-0.2, 0) is 0 Å². The zero-order valence-electron chi connectivity index (χ0n) is 12.9. The van der Waals surface area contributed by atoms with Crippen LogP contribution in [0, 0.1) is 0 Å². The maximum Gasteiger partial charge on any atom is 0.319 e. The highest BCUT2D eigenvalue weighted by Gasteiger charge is 2.17. The summed E-state index contributed by atoms with van der Waals surface area (Å²) in [5.41, 5.74) is 0.893. The highest BCUT2D eigenvalue weighted by molar-refractivity contribution is 6.34. The number of urea groups is 1. The Kier molecular flexibility index (Phi) is 8.16. The number of halogens is 2. The van der Waals surface area contributed by atoms with E-state index in [1.54, 1.807) is 18.2 Å². The molecule has 0 bridgehead atoms. The zero-order valence-corrected chi connectivity index (χ0v) is 14.5. The van der Waals surface area contributed by atoms with Gasteiger partial charge >= 0.3 is 6.03 Å². The number of nitrogens with one attached hydrogen (secondary N) is 4. The predicted octanol–water partition coefficient (Wildman–Crippen LogP) is 2.39. The summed E-state index contributed by atoms with van der Waals surface area (Å²) in [5, 5.41) is 11.9. The summed E-state index contributed by atoms with van der Waals surface area (Å²) in [6, 6.07) is 4.72. The molecular formula is C15H22Cl2N4O2. The van der Waals surface area contributed by atoms with Crippen LogP contribution in [0.2, 0.25) is 5.02 Å². The topological polar surface area (TPSA) is 82.3 Å². The minimum Gasteiger partial charge on any atom is -0.352 e. The molecule has 1 aromatic carbocycles. The number of amides is 3. The summed E-state index contributed by atoms with van der Waals surface area (Å²) in [4.78, 5) is 23.9. The molecule has 8 heteroatoms. The van der Waals surface area contributed by atoms with Crippen LogP contribution in [0.25, 0.3) is 0 Å². The number of hydrogen-bond acceptors (Lipinski definition) is 3. The summed E-state index contributed by atoms with van der Waals surface area (Å²) < 4.78 is 0. The Labute approximate surface area is 147 Å². The van der Waals surface area contributed by atoms with Crippen LogP contribution in [0.1, 0.15) is 30.1 Å². The van der Waals surface area contributed by atoms with Crippen molar-refractivity contribution >= 4 is 41.6 Å². The Balaban J connectivity index is 0.00000264. The van der Waals surface area contributed by atoms with Gasteiger partial charge in [0, 0.05) is 24.8 Å². The average molecular weight is 361 g/mol. The lowest BCUT2D eigenvalue weighted by Crippen LogP contribution is -2.39. The van der Waals surface area contributed by atoms with Crippen molar-refractivity contribution in [1.29, 1.82) is 0 Å². The van der Waals surface area contributed by atoms with Crippen molar-refractivity contribution in [1.82, 2.24) is 16.0 Å². The maximum absolute atomic E-state index is 12.0. The highest BCUT2D eigenvalue weighted by atomic mass is 35.5. The maximum atomic E-state index is 12.0. The molecule has 6 nitrogen and oxygen atoms in total. The van der Waals surface area contributed by atoms with Gasteiger partial charge in [-0.1, -0.05) is 18.5 Å². The molecule has 1 aliphatic heterocycles. The molecule has 3 amide bonds. The molecule has 1 fully saturated rings. The Morgan fingerprint density at radius 1 is 1.39 bits per heavy atom. The third-order valence-electron chi connectivity index (χ3n) is 3.40. The Bertz CT molecular complexity index is 548. The minimum absolute atomic E-state index is 0. The van der Waals surface area contributed by atoms with E-state index in [4.69, 9.17) is 11.6 Å². The van der Waals surface area contributed by atoms with E-state index in [-0.39, 0.29) is 30.4 Å². The largest absolute Gasteiger partial charge is 0.352 e. The smallest absolute Gasteiger partial charge is 0.319 e. The van der Waals surface area contributed by atoms with E-state index >= 15 is 0 Å². The van der Waals surface area contributed by atoms with Crippen molar-refractivity contribution < 1.29 is 9.59 Å². The molecule has 1 aliphatic rings. The fourth-order valence-corrected chi connectivity index (χ4v) is 2.44. The molecule has 1 heterocycles. The van der Waals surface area contributed by atoms with Crippen molar-refractivity contribution in [2.45, 2.75) is 25.8 Å².